The second kappa shape index (κ2) is 7.81. The van der Waals surface area contributed by atoms with E-state index in [1.807, 2.05) is 18.2 Å². The molecule has 0 saturated carbocycles. The van der Waals surface area contributed by atoms with E-state index in [-0.39, 0.29) is 0 Å². The Morgan fingerprint density at radius 2 is 1.76 bits per heavy atom. The molecule has 2 N–H and O–H groups in total. The molecule has 0 atom stereocenters. The summed E-state index contributed by atoms with van der Waals surface area (Å²) in [7, 11) is 1.70. The summed E-state index contributed by atoms with van der Waals surface area (Å²) in [5, 5.41) is 0. The highest BCUT2D eigenvalue weighted by Crippen LogP contribution is 2.17. The molecule has 0 bridgehead atoms. The summed E-state index contributed by atoms with van der Waals surface area (Å²) >= 11 is 0. The van der Waals surface area contributed by atoms with E-state index in [4.69, 9.17) is 10.5 Å². The van der Waals surface area contributed by atoms with E-state index in [0.717, 1.165) is 25.4 Å². The highest BCUT2D eigenvalue weighted by atomic mass is 16.5. The minimum Gasteiger partial charge on any atom is -0.497 e. The van der Waals surface area contributed by atoms with Crippen LogP contribution in [0.15, 0.2) is 48.5 Å². The lowest BCUT2D eigenvalue weighted by atomic mass is 10.1. The molecule has 0 radical (unpaired) electrons. The molecule has 0 saturated heterocycles. The zero-order valence-corrected chi connectivity index (χ0v) is 12.9. The standard InChI is InChI=1S/C18H24N2O/c1-3-20(13-15-7-6-10-18(11-15)21-2)14-17-9-5-4-8-16(17)12-19/h4-11H,3,12-14,19H2,1-2H3. The second-order valence-electron chi connectivity index (χ2n) is 5.13. The number of methoxy groups -OCH3 is 1. The average Bonchev–Trinajstić information content (AvgIpc) is 2.54. The van der Waals surface area contributed by atoms with Gasteiger partial charge in [0.2, 0.25) is 0 Å². The topological polar surface area (TPSA) is 38.5 Å². The van der Waals surface area contributed by atoms with Crippen molar-refractivity contribution in [2.45, 2.75) is 26.6 Å². The molecule has 0 aliphatic heterocycles. The number of benzene rings is 2. The van der Waals surface area contributed by atoms with E-state index in [0.29, 0.717) is 6.54 Å². The fourth-order valence-corrected chi connectivity index (χ4v) is 2.46. The third kappa shape index (κ3) is 4.31. The summed E-state index contributed by atoms with van der Waals surface area (Å²) in [5.41, 5.74) is 9.62. The normalized spacial score (nSPS) is 10.9. The van der Waals surface area contributed by atoms with Crippen molar-refractivity contribution in [2.24, 2.45) is 5.73 Å². The van der Waals surface area contributed by atoms with E-state index in [2.05, 4.69) is 42.2 Å². The van der Waals surface area contributed by atoms with Gasteiger partial charge in [-0.15, -0.1) is 0 Å². The maximum atomic E-state index is 5.82. The molecule has 0 spiro atoms. The van der Waals surface area contributed by atoms with Crippen LogP contribution < -0.4 is 10.5 Å². The SMILES string of the molecule is CCN(Cc1cccc(OC)c1)Cc1ccccc1CN. The lowest BCUT2D eigenvalue weighted by Crippen LogP contribution is -2.23. The zero-order valence-electron chi connectivity index (χ0n) is 12.9. The van der Waals surface area contributed by atoms with Gasteiger partial charge >= 0.3 is 0 Å². The van der Waals surface area contributed by atoms with Gasteiger partial charge in [-0.3, -0.25) is 4.90 Å². The van der Waals surface area contributed by atoms with Gasteiger partial charge in [0, 0.05) is 19.6 Å². The highest BCUT2D eigenvalue weighted by Gasteiger charge is 2.08. The maximum absolute atomic E-state index is 5.82. The van der Waals surface area contributed by atoms with Crippen molar-refractivity contribution >= 4 is 0 Å². The average molecular weight is 284 g/mol. The molecule has 0 aliphatic rings. The molecule has 2 rings (SSSR count). The Morgan fingerprint density at radius 3 is 2.43 bits per heavy atom. The Morgan fingerprint density at radius 1 is 1.00 bits per heavy atom. The summed E-state index contributed by atoms with van der Waals surface area (Å²) in [6.07, 6.45) is 0. The van der Waals surface area contributed by atoms with Crippen molar-refractivity contribution in [3.63, 3.8) is 0 Å². The number of nitrogens with zero attached hydrogens (tertiary/aromatic N) is 1. The lowest BCUT2D eigenvalue weighted by molar-refractivity contribution is 0.270. The molecular weight excluding hydrogens is 260 g/mol. The van der Waals surface area contributed by atoms with Gasteiger partial charge in [0.25, 0.3) is 0 Å². The monoisotopic (exact) mass is 284 g/mol. The first kappa shape index (κ1) is 15.5. The molecule has 3 nitrogen and oxygen atoms in total. The molecule has 2 aromatic rings. The highest BCUT2D eigenvalue weighted by molar-refractivity contribution is 5.29. The van der Waals surface area contributed by atoms with Crippen molar-refractivity contribution in [3.05, 3.63) is 65.2 Å². The van der Waals surface area contributed by atoms with Gasteiger partial charge in [0.15, 0.2) is 0 Å². The maximum Gasteiger partial charge on any atom is 0.119 e. The summed E-state index contributed by atoms with van der Waals surface area (Å²) in [4.78, 5) is 2.41. The molecule has 0 heterocycles. The van der Waals surface area contributed by atoms with E-state index >= 15 is 0 Å². The van der Waals surface area contributed by atoms with Crippen LogP contribution in [0.3, 0.4) is 0 Å². The Balaban J connectivity index is 2.09. The molecule has 0 aliphatic carbocycles. The molecule has 21 heavy (non-hydrogen) atoms. The Bertz CT molecular complexity index is 569. The number of hydrogen-bond acceptors (Lipinski definition) is 3. The number of ether oxygens (including phenoxy) is 1. The van der Waals surface area contributed by atoms with Crippen LogP contribution in [0.5, 0.6) is 5.75 Å². The van der Waals surface area contributed by atoms with E-state index < -0.39 is 0 Å². The first-order valence-corrected chi connectivity index (χ1v) is 7.39. The molecule has 0 aromatic heterocycles. The fourth-order valence-electron chi connectivity index (χ4n) is 2.46. The van der Waals surface area contributed by atoms with Crippen molar-refractivity contribution in [1.29, 1.82) is 0 Å². The zero-order chi connectivity index (χ0) is 15.1. The van der Waals surface area contributed by atoms with Crippen molar-refractivity contribution in [1.82, 2.24) is 4.90 Å². The third-order valence-corrected chi connectivity index (χ3v) is 3.72. The Labute approximate surface area is 127 Å². The smallest absolute Gasteiger partial charge is 0.119 e. The minimum absolute atomic E-state index is 0.590. The minimum atomic E-state index is 0.590. The van der Waals surface area contributed by atoms with Crippen LogP contribution in [0.4, 0.5) is 0 Å². The fraction of sp³-hybridized carbons (Fsp3) is 0.333. The van der Waals surface area contributed by atoms with Crippen LogP contribution in [-0.4, -0.2) is 18.6 Å². The summed E-state index contributed by atoms with van der Waals surface area (Å²) < 4.78 is 5.29. The van der Waals surface area contributed by atoms with Crippen molar-refractivity contribution < 1.29 is 4.74 Å². The lowest BCUT2D eigenvalue weighted by Gasteiger charge is -2.22. The van der Waals surface area contributed by atoms with Crippen molar-refractivity contribution in [2.75, 3.05) is 13.7 Å². The van der Waals surface area contributed by atoms with Gasteiger partial charge < -0.3 is 10.5 Å². The van der Waals surface area contributed by atoms with Crippen LogP contribution in [0.25, 0.3) is 0 Å². The van der Waals surface area contributed by atoms with Gasteiger partial charge in [-0.2, -0.15) is 0 Å². The molecule has 0 fully saturated rings. The number of rotatable bonds is 7. The molecule has 0 amide bonds. The molecule has 112 valence electrons. The molecule has 2 aromatic carbocycles. The first-order chi connectivity index (χ1) is 10.3. The second-order valence-corrected chi connectivity index (χ2v) is 5.13. The third-order valence-electron chi connectivity index (χ3n) is 3.72. The van der Waals surface area contributed by atoms with Gasteiger partial charge in [0.05, 0.1) is 7.11 Å². The van der Waals surface area contributed by atoms with Crippen LogP contribution >= 0.6 is 0 Å². The Kier molecular flexibility index (Phi) is 5.78. The predicted octanol–water partition coefficient (Wildman–Crippen LogP) is 3.18. The molecule has 0 unspecified atom stereocenters. The van der Waals surface area contributed by atoms with Gasteiger partial charge in [-0.1, -0.05) is 43.3 Å². The van der Waals surface area contributed by atoms with Crippen molar-refractivity contribution in [3.8, 4) is 5.75 Å². The van der Waals surface area contributed by atoms with Gasteiger partial charge in [0.1, 0.15) is 5.75 Å². The predicted molar refractivity (Wildman–Crippen MR) is 87.1 cm³/mol. The summed E-state index contributed by atoms with van der Waals surface area (Å²) in [6.45, 7) is 5.60. The van der Waals surface area contributed by atoms with E-state index in [9.17, 15) is 0 Å². The van der Waals surface area contributed by atoms with Crippen LogP contribution in [0.1, 0.15) is 23.6 Å². The van der Waals surface area contributed by atoms with Gasteiger partial charge in [-0.25, -0.2) is 0 Å². The number of hydrogen-bond donors (Lipinski definition) is 1. The molecule has 3 heteroatoms. The first-order valence-electron chi connectivity index (χ1n) is 7.39. The van der Waals surface area contributed by atoms with Crippen LogP contribution in [-0.2, 0) is 19.6 Å². The Hall–Kier alpha value is -1.84. The molecular formula is C18H24N2O. The van der Waals surface area contributed by atoms with Gasteiger partial charge in [-0.05, 0) is 35.4 Å². The largest absolute Gasteiger partial charge is 0.497 e. The quantitative estimate of drug-likeness (QED) is 0.848. The summed E-state index contributed by atoms with van der Waals surface area (Å²) in [5.74, 6) is 0.908. The number of nitrogens with two attached hydrogens (primary N) is 1. The van der Waals surface area contributed by atoms with E-state index in [1.54, 1.807) is 7.11 Å². The summed E-state index contributed by atoms with van der Waals surface area (Å²) in [6, 6.07) is 16.6. The van der Waals surface area contributed by atoms with Crippen LogP contribution in [0.2, 0.25) is 0 Å². The van der Waals surface area contributed by atoms with Crippen LogP contribution in [0, 0.1) is 0 Å². The van der Waals surface area contributed by atoms with E-state index in [1.165, 1.54) is 16.7 Å².